The zero-order chi connectivity index (χ0) is 25.0. The Morgan fingerprint density at radius 2 is 1.70 bits per heavy atom. The highest BCUT2D eigenvalue weighted by Gasteiger charge is 2.33. The summed E-state index contributed by atoms with van der Waals surface area (Å²) < 4.78 is 16.2. The van der Waals surface area contributed by atoms with Crippen molar-refractivity contribution in [2.45, 2.75) is 123 Å². The normalized spacial score (nSPS) is 17.4. The van der Waals surface area contributed by atoms with Gasteiger partial charge in [-0.1, -0.05) is 33.1 Å². The first-order valence-electron chi connectivity index (χ1n) is 12.0. The molecule has 0 bridgehead atoms. The predicted molar refractivity (Wildman–Crippen MR) is 122 cm³/mol. The van der Waals surface area contributed by atoms with Gasteiger partial charge in [0, 0.05) is 0 Å². The van der Waals surface area contributed by atoms with Crippen molar-refractivity contribution in [3.05, 3.63) is 0 Å². The summed E-state index contributed by atoms with van der Waals surface area (Å²) in [4.78, 5) is 49.1. The molecule has 1 aliphatic carbocycles. The lowest BCUT2D eigenvalue weighted by Crippen LogP contribution is -2.47. The molecule has 1 amide bonds. The van der Waals surface area contributed by atoms with E-state index in [0.717, 1.165) is 44.9 Å². The van der Waals surface area contributed by atoms with Gasteiger partial charge in [-0.2, -0.15) is 0 Å². The van der Waals surface area contributed by atoms with Crippen LogP contribution in [-0.2, 0) is 28.6 Å². The first-order chi connectivity index (χ1) is 15.4. The van der Waals surface area contributed by atoms with Gasteiger partial charge >= 0.3 is 24.0 Å². The monoisotopic (exact) mass is 471 g/mol. The largest absolute Gasteiger partial charge is 0.481 e. The van der Waals surface area contributed by atoms with Crippen molar-refractivity contribution in [3.8, 4) is 0 Å². The van der Waals surface area contributed by atoms with Crippen LogP contribution in [0.1, 0.15) is 98.8 Å². The summed E-state index contributed by atoms with van der Waals surface area (Å²) in [5, 5.41) is 11.7. The Morgan fingerprint density at radius 3 is 2.24 bits per heavy atom. The Balaban J connectivity index is 2.90. The van der Waals surface area contributed by atoms with Gasteiger partial charge in [-0.25, -0.2) is 9.59 Å². The van der Waals surface area contributed by atoms with Gasteiger partial charge in [0.15, 0.2) is 0 Å². The van der Waals surface area contributed by atoms with E-state index in [4.69, 9.17) is 14.2 Å². The van der Waals surface area contributed by atoms with Crippen LogP contribution in [0.4, 0.5) is 4.79 Å². The molecular weight excluding hydrogens is 430 g/mol. The lowest BCUT2D eigenvalue weighted by molar-refractivity contribution is -0.163. The first kappa shape index (κ1) is 28.7. The number of carbonyl (C=O) groups excluding carboxylic acids is 3. The molecule has 0 spiro atoms. The summed E-state index contributed by atoms with van der Waals surface area (Å²) >= 11 is 0. The average Bonchev–Trinajstić information content (AvgIpc) is 2.69. The number of hydrogen-bond donors (Lipinski definition) is 2. The molecule has 0 heterocycles. The second-order valence-electron chi connectivity index (χ2n) is 9.85. The second-order valence-corrected chi connectivity index (χ2v) is 9.85. The Kier molecular flexibility index (Phi) is 12.2. The van der Waals surface area contributed by atoms with Gasteiger partial charge in [0.25, 0.3) is 0 Å². The summed E-state index contributed by atoms with van der Waals surface area (Å²) in [6.07, 6.45) is 4.36. The van der Waals surface area contributed by atoms with Crippen LogP contribution < -0.4 is 5.32 Å². The molecule has 1 fully saturated rings. The van der Waals surface area contributed by atoms with Crippen LogP contribution in [0, 0.1) is 5.92 Å². The number of esters is 2. The molecule has 3 atom stereocenters. The predicted octanol–water partition coefficient (Wildman–Crippen LogP) is 4.36. The van der Waals surface area contributed by atoms with Gasteiger partial charge in [0.2, 0.25) is 0 Å². The summed E-state index contributed by atoms with van der Waals surface area (Å²) in [6, 6.07) is -1.34. The number of aliphatic carboxylic acids is 1. The van der Waals surface area contributed by atoms with Crippen LogP contribution in [0.2, 0.25) is 0 Å². The van der Waals surface area contributed by atoms with E-state index < -0.39 is 48.2 Å². The first-order valence-corrected chi connectivity index (χ1v) is 12.0. The molecule has 9 heteroatoms. The highest BCUT2D eigenvalue weighted by Crippen LogP contribution is 2.22. The zero-order valence-electron chi connectivity index (χ0n) is 20.7. The minimum Gasteiger partial charge on any atom is -0.481 e. The number of alkyl carbamates (subject to hydrolysis) is 1. The van der Waals surface area contributed by atoms with Crippen LogP contribution in [-0.4, -0.2) is 53.0 Å². The Hall–Kier alpha value is -2.32. The summed E-state index contributed by atoms with van der Waals surface area (Å²) in [5.74, 6) is -2.78. The maximum absolute atomic E-state index is 12.9. The van der Waals surface area contributed by atoms with Crippen LogP contribution >= 0.6 is 0 Å². The summed E-state index contributed by atoms with van der Waals surface area (Å²) in [7, 11) is 0. The number of rotatable bonds is 12. The van der Waals surface area contributed by atoms with Crippen LogP contribution in [0.25, 0.3) is 0 Å². The van der Waals surface area contributed by atoms with E-state index in [0.29, 0.717) is 6.42 Å². The lowest BCUT2D eigenvalue weighted by Gasteiger charge is -2.27. The average molecular weight is 472 g/mol. The van der Waals surface area contributed by atoms with E-state index in [1.807, 2.05) is 13.8 Å². The smallest absolute Gasteiger partial charge is 0.408 e. The van der Waals surface area contributed by atoms with Crippen molar-refractivity contribution in [1.82, 2.24) is 5.32 Å². The van der Waals surface area contributed by atoms with Crippen molar-refractivity contribution in [3.63, 3.8) is 0 Å². The van der Waals surface area contributed by atoms with Crippen molar-refractivity contribution >= 4 is 24.0 Å². The third kappa shape index (κ3) is 12.5. The van der Waals surface area contributed by atoms with Crippen molar-refractivity contribution in [1.29, 1.82) is 0 Å². The van der Waals surface area contributed by atoms with Crippen molar-refractivity contribution < 1.29 is 38.5 Å². The second kappa shape index (κ2) is 14.1. The lowest BCUT2D eigenvalue weighted by atomic mass is 9.95. The number of carboxylic acids is 1. The topological polar surface area (TPSA) is 128 Å². The highest BCUT2D eigenvalue weighted by molar-refractivity contribution is 5.86. The van der Waals surface area contributed by atoms with Crippen LogP contribution in [0.3, 0.4) is 0 Å². The molecule has 0 aromatic heterocycles. The molecule has 2 N–H and O–H groups in total. The number of unbranched alkanes of at least 4 members (excludes halogenated alkanes) is 1. The van der Waals surface area contributed by atoms with Gasteiger partial charge in [-0.3, -0.25) is 9.59 Å². The minimum atomic E-state index is -1.34. The standard InChI is InChI=1S/C24H41NO8/c1-6-7-11-16(2)19(15-20(26)27)32-22(29)18(25-23(30)33-24(3,4)5)14-21(28)31-17-12-9-8-10-13-17/h16-19H,6-15H2,1-5H3,(H,25,30)(H,26,27)/t16-,18-,19-/m0/s1. The molecule has 0 radical (unpaired) electrons. The maximum atomic E-state index is 12.9. The van der Waals surface area contributed by atoms with Gasteiger partial charge in [0.1, 0.15) is 23.9 Å². The number of carbonyl (C=O) groups is 4. The molecule has 190 valence electrons. The van der Waals surface area contributed by atoms with Gasteiger partial charge in [-0.05, 0) is 58.8 Å². The number of amides is 1. The third-order valence-electron chi connectivity index (χ3n) is 5.49. The van der Waals surface area contributed by atoms with Crippen molar-refractivity contribution in [2.24, 2.45) is 5.92 Å². The Bertz CT molecular complexity index is 651. The zero-order valence-corrected chi connectivity index (χ0v) is 20.7. The van der Waals surface area contributed by atoms with Gasteiger partial charge in [0.05, 0.1) is 12.8 Å². The molecule has 1 aliphatic rings. The molecule has 0 aliphatic heterocycles. The van der Waals surface area contributed by atoms with E-state index in [9.17, 15) is 24.3 Å². The van der Waals surface area contributed by atoms with E-state index in [1.54, 1.807) is 20.8 Å². The fraction of sp³-hybridized carbons (Fsp3) is 0.833. The SMILES string of the molecule is CCCC[C@H](C)[C@H](CC(=O)O)OC(=O)[C@H](CC(=O)OC1CCCCC1)NC(=O)OC(C)(C)C. The third-order valence-corrected chi connectivity index (χ3v) is 5.49. The summed E-state index contributed by atoms with van der Waals surface area (Å²) in [6.45, 7) is 8.87. The van der Waals surface area contributed by atoms with Gasteiger partial charge in [-0.15, -0.1) is 0 Å². The molecule has 9 nitrogen and oxygen atoms in total. The summed E-state index contributed by atoms with van der Waals surface area (Å²) in [5.41, 5.74) is -0.804. The van der Waals surface area contributed by atoms with E-state index >= 15 is 0 Å². The molecule has 1 rings (SSSR count). The molecule has 1 saturated carbocycles. The van der Waals surface area contributed by atoms with Gasteiger partial charge < -0.3 is 24.6 Å². The molecule has 0 saturated heterocycles. The van der Waals surface area contributed by atoms with Crippen LogP contribution in [0.15, 0.2) is 0 Å². The van der Waals surface area contributed by atoms with E-state index in [2.05, 4.69) is 5.32 Å². The van der Waals surface area contributed by atoms with E-state index in [1.165, 1.54) is 0 Å². The Labute approximate surface area is 196 Å². The van der Waals surface area contributed by atoms with Crippen molar-refractivity contribution in [2.75, 3.05) is 0 Å². The number of nitrogens with one attached hydrogen (secondary N) is 1. The van der Waals surface area contributed by atoms with Crippen LogP contribution in [0.5, 0.6) is 0 Å². The highest BCUT2D eigenvalue weighted by atomic mass is 16.6. The fourth-order valence-corrected chi connectivity index (χ4v) is 3.70. The molecule has 0 unspecified atom stereocenters. The number of carboxylic acid groups (broad SMARTS) is 1. The molecule has 33 heavy (non-hydrogen) atoms. The molecule has 0 aromatic rings. The number of ether oxygens (including phenoxy) is 3. The molecular formula is C24H41NO8. The van der Waals surface area contributed by atoms with E-state index in [-0.39, 0.29) is 18.4 Å². The fourth-order valence-electron chi connectivity index (χ4n) is 3.70. The maximum Gasteiger partial charge on any atom is 0.408 e. The number of hydrogen-bond acceptors (Lipinski definition) is 7. The quantitative estimate of drug-likeness (QED) is 0.317. The minimum absolute atomic E-state index is 0.193. The Morgan fingerprint density at radius 1 is 1.06 bits per heavy atom. The molecule has 0 aromatic carbocycles.